The number of aromatic nitrogens is 1. The molecule has 1 heterocycles. The summed E-state index contributed by atoms with van der Waals surface area (Å²) in [6.45, 7) is 2.92. The van der Waals surface area contributed by atoms with Gasteiger partial charge in [-0.3, -0.25) is 0 Å². The monoisotopic (exact) mass is 265 g/mol. The van der Waals surface area contributed by atoms with E-state index in [-0.39, 0.29) is 17.7 Å². The summed E-state index contributed by atoms with van der Waals surface area (Å²) in [5.74, 6) is -2.64. The lowest BCUT2D eigenvalue weighted by atomic mass is 10.1. The zero-order chi connectivity index (χ0) is 13.9. The highest BCUT2D eigenvalue weighted by molar-refractivity contribution is 5.91. The molecule has 0 saturated carbocycles. The van der Waals surface area contributed by atoms with Crippen molar-refractivity contribution in [1.82, 2.24) is 4.98 Å². The van der Waals surface area contributed by atoms with Gasteiger partial charge in [-0.05, 0) is 13.8 Å². The van der Waals surface area contributed by atoms with Gasteiger partial charge < -0.3 is 14.6 Å². The molecule has 1 N–H and O–H groups in total. The summed E-state index contributed by atoms with van der Waals surface area (Å²) >= 11 is 0. The number of carbonyl (C=O) groups excluding carboxylic acids is 1. The van der Waals surface area contributed by atoms with Crippen LogP contribution in [-0.2, 0) is 4.74 Å². The van der Waals surface area contributed by atoms with Crippen LogP contribution in [0, 0.1) is 6.92 Å². The Morgan fingerprint density at radius 1 is 1.50 bits per heavy atom. The van der Waals surface area contributed by atoms with Gasteiger partial charge in [0.25, 0.3) is 5.88 Å². The molecule has 1 rings (SSSR count). The Morgan fingerprint density at radius 3 is 2.61 bits per heavy atom. The summed E-state index contributed by atoms with van der Waals surface area (Å²) in [4.78, 5) is 14.6. The van der Waals surface area contributed by atoms with Crippen LogP contribution in [-0.4, -0.2) is 29.0 Å². The molecule has 0 fully saturated rings. The maximum Gasteiger partial charge on any atom is 0.574 e. The number of halogens is 3. The number of carbonyl (C=O) groups is 1. The van der Waals surface area contributed by atoms with Crippen molar-refractivity contribution in [2.24, 2.45) is 0 Å². The lowest BCUT2D eigenvalue weighted by molar-refractivity contribution is -0.276. The number of alkyl halides is 3. The van der Waals surface area contributed by atoms with E-state index in [2.05, 4.69) is 14.5 Å². The van der Waals surface area contributed by atoms with Crippen LogP contribution in [0.1, 0.15) is 22.8 Å². The van der Waals surface area contributed by atoms with Gasteiger partial charge in [0.05, 0.1) is 12.2 Å². The standard InChI is InChI=1S/C10H10F3NO4/c1-3-17-9(16)6-4-14-8(7(15)5(6)2)18-10(11,12)13/h4,15H,3H2,1-2H3. The number of ether oxygens (including phenoxy) is 2. The first-order valence-corrected chi connectivity index (χ1v) is 4.87. The highest BCUT2D eigenvalue weighted by Crippen LogP contribution is 2.33. The smallest absolute Gasteiger partial charge is 0.503 e. The quantitative estimate of drug-likeness (QED) is 0.848. The number of hydrogen-bond acceptors (Lipinski definition) is 5. The van der Waals surface area contributed by atoms with Gasteiger partial charge in [-0.25, -0.2) is 9.78 Å². The Labute approximate surface area is 100 Å². The Bertz CT molecular complexity index is 459. The van der Waals surface area contributed by atoms with E-state index in [0.29, 0.717) is 0 Å². The maximum atomic E-state index is 12.0. The summed E-state index contributed by atoms with van der Waals surface area (Å²) in [5.41, 5.74) is -0.216. The lowest BCUT2D eigenvalue weighted by Gasteiger charge is -2.12. The van der Waals surface area contributed by atoms with E-state index in [0.717, 1.165) is 6.20 Å². The van der Waals surface area contributed by atoms with E-state index in [9.17, 15) is 23.1 Å². The number of pyridine rings is 1. The molecule has 0 spiro atoms. The van der Waals surface area contributed by atoms with Crippen LogP contribution in [0.4, 0.5) is 13.2 Å². The second-order valence-electron chi connectivity index (χ2n) is 3.22. The third-order valence-electron chi connectivity index (χ3n) is 1.98. The molecule has 18 heavy (non-hydrogen) atoms. The van der Waals surface area contributed by atoms with Crippen molar-refractivity contribution in [2.45, 2.75) is 20.2 Å². The number of rotatable bonds is 3. The van der Waals surface area contributed by atoms with Crippen LogP contribution in [0.2, 0.25) is 0 Å². The highest BCUT2D eigenvalue weighted by atomic mass is 19.4. The van der Waals surface area contributed by atoms with Gasteiger partial charge in [0.1, 0.15) is 0 Å². The summed E-state index contributed by atoms with van der Waals surface area (Å²) in [5, 5.41) is 9.46. The van der Waals surface area contributed by atoms with Crippen LogP contribution in [0.25, 0.3) is 0 Å². The normalized spacial score (nSPS) is 11.2. The Hall–Kier alpha value is -1.99. The Morgan fingerprint density at radius 2 is 2.11 bits per heavy atom. The van der Waals surface area contributed by atoms with Crippen LogP contribution in [0.15, 0.2) is 6.20 Å². The molecule has 100 valence electrons. The van der Waals surface area contributed by atoms with Crippen molar-refractivity contribution < 1.29 is 32.5 Å². The third kappa shape index (κ3) is 3.25. The molecule has 0 aromatic carbocycles. The average Bonchev–Trinajstić information content (AvgIpc) is 2.23. The molecule has 0 unspecified atom stereocenters. The highest BCUT2D eigenvalue weighted by Gasteiger charge is 2.34. The molecule has 0 aliphatic carbocycles. The average molecular weight is 265 g/mol. The van der Waals surface area contributed by atoms with Crippen LogP contribution >= 0.6 is 0 Å². The van der Waals surface area contributed by atoms with E-state index in [1.54, 1.807) is 6.92 Å². The summed E-state index contributed by atoms with van der Waals surface area (Å²) in [6.07, 6.45) is -4.11. The van der Waals surface area contributed by atoms with Crippen LogP contribution in [0.5, 0.6) is 11.6 Å². The van der Waals surface area contributed by atoms with Gasteiger partial charge in [0.15, 0.2) is 5.75 Å². The lowest BCUT2D eigenvalue weighted by Crippen LogP contribution is -2.18. The number of hydrogen-bond donors (Lipinski definition) is 1. The van der Waals surface area contributed by atoms with E-state index in [1.165, 1.54) is 6.92 Å². The molecule has 0 aliphatic heterocycles. The van der Waals surface area contributed by atoms with Gasteiger partial charge in [0.2, 0.25) is 0 Å². The molecule has 8 heteroatoms. The van der Waals surface area contributed by atoms with Crippen molar-refractivity contribution in [3.63, 3.8) is 0 Å². The van der Waals surface area contributed by atoms with Gasteiger partial charge in [-0.15, -0.1) is 13.2 Å². The van der Waals surface area contributed by atoms with Gasteiger partial charge >= 0.3 is 12.3 Å². The fourth-order valence-corrected chi connectivity index (χ4v) is 1.17. The second kappa shape index (κ2) is 5.11. The molecule has 0 aliphatic rings. The van der Waals surface area contributed by atoms with Gasteiger partial charge in [-0.1, -0.05) is 0 Å². The maximum absolute atomic E-state index is 12.0. The summed E-state index contributed by atoms with van der Waals surface area (Å²) in [7, 11) is 0. The van der Waals surface area contributed by atoms with Crippen molar-refractivity contribution in [3.8, 4) is 11.6 Å². The topological polar surface area (TPSA) is 68.7 Å². The molecule has 1 aromatic rings. The van der Waals surface area contributed by atoms with E-state index >= 15 is 0 Å². The largest absolute Gasteiger partial charge is 0.574 e. The first-order valence-electron chi connectivity index (χ1n) is 4.87. The predicted molar refractivity (Wildman–Crippen MR) is 53.3 cm³/mol. The van der Waals surface area contributed by atoms with Crippen molar-refractivity contribution in [3.05, 3.63) is 17.3 Å². The Balaban J connectivity index is 3.09. The SMILES string of the molecule is CCOC(=O)c1cnc(OC(F)(F)F)c(O)c1C. The van der Waals surface area contributed by atoms with E-state index < -0.39 is 24.0 Å². The molecule has 0 radical (unpaired) electrons. The van der Waals surface area contributed by atoms with Crippen molar-refractivity contribution in [1.29, 1.82) is 0 Å². The minimum absolute atomic E-state index is 0.0947. The molecule has 1 aromatic heterocycles. The first-order chi connectivity index (χ1) is 8.26. The third-order valence-corrected chi connectivity index (χ3v) is 1.98. The summed E-state index contributed by atoms with van der Waals surface area (Å²) < 4.78 is 44.1. The predicted octanol–water partition coefficient (Wildman–Crippen LogP) is 2.17. The number of aromatic hydroxyl groups is 1. The first kappa shape index (κ1) is 14.1. The fourth-order valence-electron chi connectivity index (χ4n) is 1.17. The number of nitrogens with zero attached hydrogens (tertiary/aromatic N) is 1. The summed E-state index contributed by atoms with van der Waals surface area (Å²) in [6, 6.07) is 0. The molecule has 5 nitrogen and oxygen atoms in total. The number of esters is 1. The van der Waals surface area contributed by atoms with E-state index in [1.807, 2.05) is 0 Å². The molecule has 0 atom stereocenters. The van der Waals surface area contributed by atoms with Crippen LogP contribution < -0.4 is 4.74 Å². The van der Waals surface area contributed by atoms with Gasteiger partial charge in [0, 0.05) is 11.8 Å². The molecule has 0 bridgehead atoms. The zero-order valence-electron chi connectivity index (χ0n) is 9.54. The van der Waals surface area contributed by atoms with Crippen LogP contribution in [0.3, 0.4) is 0 Å². The van der Waals surface area contributed by atoms with Crippen molar-refractivity contribution in [2.75, 3.05) is 6.61 Å². The molecular weight excluding hydrogens is 255 g/mol. The minimum Gasteiger partial charge on any atom is -0.503 e. The zero-order valence-corrected chi connectivity index (χ0v) is 9.54. The molecule has 0 amide bonds. The molecular formula is C10H10F3NO4. The second-order valence-corrected chi connectivity index (χ2v) is 3.22. The Kier molecular flexibility index (Phi) is 4.00. The van der Waals surface area contributed by atoms with Gasteiger partial charge in [-0.2, -0.15) is 0 Å². The van der Waals surface area contributed by atoms with Crippen molar-refractivity contribution >= 4 is 5.97 Å². The molecule has 0 saturated heterocycles. The van der Waals surface area contributed by atoms with E-state index in [4.69, 9.17) is 0 Å². The minimum atomic E-state index is -4.97. The fraction of sp³-hybridized carbons (Fsp3) is 0.400.